The molecule has 0 unspecified atom stereocenters. The number of nitrogens with zero attached hydrogens (tertiary/aromatic N) is 1. The van der Waals surface area contributed by atoms with Crippen molar-refractivity contribution in [3.8, 4) is 34.1 Å². The van der Waals surface area contributed by atoms with Crippen LogP contribution in [0.5, 0.6) is 23.0 Å². The average Bonchev–Trinajstić information content (AvgIpc) is 2.82. The number of ether oxygens (including phenoxy) is 4. The first-order valence-electron chi connectivity index (χ1n) is 9.36. The fourth-order valence-electron chi connectivity index (χ4n) is 3.33. The Morgan fingerprint density at radius 3 is 2.00 bits per heavy atom. The first kappa shape index (κ1) is 21.7. The van der Waals surface area contributed by atoms with E-state index < -0.39 is 4.92 Å². The van der Waals surface area contributed by atoms with Gasteiger partial charge >= 0.3 is 0 Å². The molecule has 7 nitrogen and oxygen atoms in total. The molecule has 7 heteroatoms. The Labute approximate surface area is 180 Å². The van der Waals surface area contributed by atoms with E-state index >= 15 is 0 Å². The van der Waals surface area contributed by atoms with E-state index in [1.54, 1.807) is 40.6 Å². The van der Waals surface area contributed by atoms with Gasteiger partial charge in [0.2, 0.25) is 5.75 Å². The highest BCUT2D eigenvalue weighted by molar-refractivity contribution is 5.84. The lowest BCUT2D eigenvalue weighted by Crippen LogP contribution is -1.98. The molecule has 3 aromatic carbocycles. The summed E-state index contributed by atoms with van der Waals surface area (Å²) in [4.78, 5) is 10.8. The number of hydrogen-bond acceptors (Lipinski definition) is 6. The second kappa shape index (κ2) is 9.21. The normalized spacial score (nSPS) is 10.3. The zero-order valence-electron chi connectivity index (χ0n) is 17.8. The summed E-state index contributed by atoms with van der Waals surface area (Å²) < 4.78 is 21.8. The number of nitro benzene ring substituents is 1. The fraction of sp³-hybridized carbons (Fsp3) is 0.167. The van der Waals surface area contributed by atoms with E-state index in [2.05, 4.69) is 6.58 Å². The second-order valence-corrected chi connectivity index (χ2v) is 6.62. The van der Waals surface area contributed by atoms with Crippen LogP contribution in [0.3, 0.4) is 0 Å². The van der Waals surface area contributed by atoms with Gasteiger partial charge in [-0.05, 0) is 46.5 Å². The molecule has 3 aromatic rings. The summed E-state index contributed by atoms with van der Waals surface area (Å²) in [7, 11) is 6.21. The van der Waals surface area contributed by atoms with Crippen molar-refractivity contribution in [1.29, 1.82) is 0 Å². The minimum Gasteiger partial charge on any atom is -0.496 e. The molecule has 3 rings (SSSR count). The third-order valence-corrected chi connectivity index (χ3v) is 4.93. The summed E-state index contributed by atoms with van der Waals surface area (Å²) in [6.07, 6.45) is 0. The van der Waals surface area contributed by atoms with Crippen molar-refractivity contribution >= 4 is 11.3 Å². The molecular weight excluding hydrogens is 398 g/mol. The largest absolute Gasteiger partial charge is 0.496 e. The first-order valence-corrected chi connectivity index (χ1v) is 9.36. The average molecular weight is 421 g/mol. The summed E-state index contributed by atoms with van der Waals surface area (Å²) in [5.41, 5.74) is 3.71. The zero-order valence-corrected chi connectivity index (χ0v) is 17.8. The number of rotatable bonds is 8. The molecule has 0 spiro atoms. The van der Waals surface area contributed by atoms with Crippen LogP contribution in [-0.4, -0.2) is 33.4 Å². The molecule has 0 saturated carbocycles. The van der Waals surface area contributed by atoms with Gasteiger partial charge in [0.1, 0.15) is 5.75 Å². The molecule has 0 fully saturated rings. The Balaban J connectivity index is 2.11. The Morgan fingerprint density at radius 2 is 1.45 bits per heavy atom. The van der Waals surface area contributed by atoms with Gasteiger partial charge in [-0.1, -0.05) is 24.8 Å². The van der Waals surface area contributed by atoms with Gasteiger partial charge in [-0.25, -0.2) is 0 Å². The topological polar surface area (TPSA) is 80.1 Å². The van der Waals surface area contributed by atoms with E-state index in [4.69, 9.17) is 18.9 Å². The van der Waals surface area contributed by atoms with E-state index in [0.717, 1.165) is 16.7 Å². The van der Waals surface area contributed by atoms with Crippen molar-refractivity contribution in [2.24, 2.45) is 0 Å². The Morgan fingerprint density at radius 1 is 0.806 bits per heavy atom. The predicted octanol–water partition coefficient (Wildman–Crippen LogP) is 5.36. The maximum atomic E-state index is 11.2. The number of nitro groups is 1. The molecule has 31 heavy (non-hydrogen) atoms. The molecular formula is C24H23NO6. The lowest BCUT2D eigenvalue weighted by atomic mass is 9.94. The van der Waals surface area contributed by atoms with Gasteiger partial charge < -0.3 is 18.9 Å². The Hall–Kier alpha value is -4.00. The molecule has 0 saturated heterocycles. The van der Waals surface area contributed by atoms with Crippen molar-refractivity contribution in [2.45, 2.75) is 0 Å². The standard InChI is InChI=1S/C24H23NO6/c1-15(18-13-22(29-3)24(31-5)23(14-18)30-4)16-9-10-21(28-2)20(12-16)17-7-6-8-19(11-17)25(26)27/h6-14H,1H2,2-5H3. The van der Waals surface area contributed by atoms with Crippen LogP contribution in [0, 0.1) is 10.1 Å². The van der Waals surface area contributed by atoms with Crippen LogP contribution >= 0.6 is 0 Å². The van der Waals surface area contributed by atoms with E-state index in [1.165, 1.54) is 12.1 Å². The second-order valence-electron chi connectivity index (χ2n) is 6.62. The SMILES string of the molecule is C=C(c1cc(OC)c(OC)c(OC)c1)c1ccc(OC)c(-c2cccc([N+](=O)[O-])c2)c1. The maximum absolute atomic E-state index is 11.2. The van der Waals surface area contributed by atoms with Gasteiger partial charge in [-0.3, -0.25) is 10.1 Å². The highest BCUT2D eigenvalue weighted by Gasteiger charge is 2.17. The quantitative estimate of drug-likeness (QED) is 0.360. The van der Waals surface area contributed by atoms with Gasteiger partial charge in [-0.15, -0.1) is 0 Å². The van der Waals surface area contributed by atoms with Crippen LogP contribution < -0.4 is 18.9 Å². The van der Waals surface area contributed by atoms with E-state index in [9.17, 15) is 10.1 Å². The van der Waals surface area contributed by atoms with E-state index in [0.29, 0.717) is 34.1 Å². The lowest BCUT2D eigenvalue weighted by molar-refractivity contribution is -0.384. The molecule has 0 aliphatic rings. The number of non-ortho nitro benzene ring substituents is 1. The van der Waals surface area contributed by atoms with Crippen LogP contribution in [0.1, 0.15) is 11.1 Å². The smallest absolute Gasteiger partial charge is 0.270 e. The maximum Gasteiger partial charge on any atom is 0.270 e. The molecule has 0 amide bonds. The molecule has 0 aromatic heterocycles. The van der Waals surface area contributed by atoms with Crippen molar-refractivity contribution in [2.75, 3.05) is 28.4 Å². The number of hydrogen-bond donors (Lipinski definition) is 0. The number of methoxy groups -OCH3 is 4. The molecule has 0 radical (unpaired) electrons. The van der Waals surface area contributed by atoms with Crippen molar-refractivity contribution in [1.82, 2.24) is 0 Å². The molecule has 0 atom stereocenters. The van der Waals surface area contributed by atoms with Crippen LogP contribution in [0.2, 0.25) is 0 Å². The minimum absolute atomic E-state index is 0.00779. The number of benzene rings is 3. The monoisotopic (exact) mass is 421 g/mol. The third kappa shape index (κ3) is 4.30. The van der Waals surface area contributed by atoms with Gasteiger partial charge in [0.15, 0.2) is 11.5 Å². The van der Waals surface area contributed by atoms with Crippen LogP contribution in [-0.2, 0) is 0 Å². The molecule has 0 bridgehead atoms. The summed E-state index contributed by atoms with van der Waals surface area (Å²) in [6, 6.07) is 15.6. The summed E-state index contributed by atoms with van der Waals surface area (Å²) in [5, 5.41) is 11.2. The summed E-state index contributed by atoms with van der Waals surface area (Å²) in [5.74, 6) is 2.13. The van der Waals surface area contributed by atoms with Gasteiger partial charge in [-0.2, -0.15) is 0 Å². The van der Waals surface area contributed by atoms with Crippen molar-refractivity contribution in [3.63, 3.8) is 0 Å². The minimum atomic E-state index is -0.422. The van der Waals surface area contributed by atoms with Crippen LogP contribution in [0.25, 0.3) is 16.7 Å². The lowest BCUT2D eigenvalue weighted by Gasteiger charge is -2.16. The highest BCUT2D eigenvalue weighted by Crippen LogP contribution is 2.42. The van der Waals surface area contributed by atoms with E-state index in [1.807, 2.05) is 30.3 Å². The van der Waals surface area contributed by atoms with Crippen LogP contribution in [0.15, 0.2) is 61.2 Å². The van der Waals surface area contributed by atoms with Crippen LogP contribution in [0.4, 0.5) is 5.69 Å². The molecule has 0 aliphatic carbocycles. The van der Waals surface area contributed by atoms with Crippen molar-refractivity contribution < 1.29 is 23.9 Å². The van der Waals surface area contributed by atoms with Crippen molar-refractivity contribution in [3.05, 3.63) is 82.4 Å². The molecule has 0 aliphatic heterocycles. The van der Waals surface area contributed by atoms with Gasteiger partial charge in [0, 0.05) is 17.7 Å². The predicted molar refractivity (Wildman–Crippen MR) is 119 cm³/mol. The molecule has 0 heterocycles. The fourth-order valence-corrected chi connectivity index (χ4v) is 3.33. The van der Waals surface area contributed by atoms with Gasteiger partial charge in [0.05, 0.1) is 33.4 Å². The Kier molecular flexibility index (Phi) is 6.45. The highest BCUT2D eigenvalue weighted by atomic mass is 16.6. The molecule has 0 N–H and O–H groups in total. The summed E-state index contributed by atoms with van der Waals surface area (Å²) in [6.45, 7) is 4.24. The summed E-state index contributed by atoms with van der Waals surface area (Å²) >= 11 is 0. The molecule has 160 valence electrons. The first-order chi connectivity index (χ1) is 14.9. The zero-order chi connectivity index (χ0) is 22.5. The Bertz CT molecular complexity index is 1110. The van der Waals surface area contributed by atoms with Gasteiger partial charge in [0.25, 0.3) is 5.69 Å². The van der Waals surface area contributed by atoms with E-state index in [-0.39, 0.29) is 5.69 Å². The third-order valence-electron chi connectivity index (χ3n) is 4.93.